The molecule has 0 aliphatic carbocycles. The van der Waals surface area contributed by atoms with Crippen molar-refractivity contribution in [2.24, 2.45) is 11.8 Å². The predicted molar refractivity (Wildman–Crippen MR) is 69.1 cm³/mol. The van der Waals surface area contributed by atoms with E-state index in [2.05, 4.69) is 26.5 Å². The number of benzene rings is 1. The lowest BCUT2D eigenvalue weighted by Crippen LogP contribution is -2.19. The van der Waals surface area contributed by atoms with Crippen LogP contribution in [0.1, 0.15) is 13.8 Å². The summed E-state index contributed by atoms with van der Waals surface area (Å²) in [6, 6.07) is 4.76. The number of ether oxygens (including phenoxy) is 1. The molecule has 0 saturated heterocycles. The molecule has 90 valence electrons. The van der Waals surface area contributed by atoms with Gasteiger partial charge in [-0.05, 0) is 23.8 Å². The Morgan fingerprint density at radius 3 is 2.69 bits per heavy atom. The minimum atomic E-state index is -0.495. The second kappa shape index (κ2) is 6.36. The van der Waals surface area contributed by atoms with Gasteiger partial charge in [0.15, 0.2) is 11.6 Å². The van der Waals surface area contributed by atoms with Crippen LogP contribution < -0.4 is 4.74 Å². The largest absolute Gasteiger partial charge is 0.490 e. The molecular formula is C12H16ClFOS. The minimum Gasteiger partial charge on any atom is -0.490 e. The summed E-state index contributed by atoms with van der Waals surface area (Å²) in [6.45, 7) is 4.65. The molecule has 0 spiro atoms. The molecule has 1 nitrogen and oxygen atoms in total. The zero-order valence-electron chi connectivity index (χ0n) is 9.41. The fraction of sp³-hybridized carbons (Fsp3) is 0.500. The van der Waals surface area contributed by atoms with Gasteiger partial charge in [0.1, 0.15) is 0 Å². The summed E-state index contributed by atoms with van der Waals surface area (Å²) >= 11 is 9.90. The van der Waals surface area contributed by atoms with Gasteiger partial charge in [-0.1, -0.05) is 31.5 Å². The molecule has 0 N–H and O–H groups in total. The SMILES string of the molecule is CC(C)C(CS)COc1cccc(Cl)c1F. The first kappa shape index (κ1) is 13.7. The van der Waals surface area contributed by atoms with Crippen LogP contribution in [0.15, 0.2) is 18.2 Å². The van der Waals surface area contributed by atoms with Crippen molar-refractivity contribution in [3.63, 3.8) is 0 Å². The van der Waals surface area contributed by atoms with Crippen LogP contribution in [0.25, 0.3) is 0 Å². The van der Waals surface area contributed by atoms with E-state index in [0.717, 1.165) is 5.75 Å². The molecule has 1 aromatic rings. The van der Waals surface area contributed by atoms with Gasteiger partial charge in [0, 0.05) is 5.92 Å². The topological polar surface area (TPSA) is 9.23 Å². The predicted octanol–water partition coefficient (Wildman–Crippen LogP) is 4.06. The maximum atomic E-state index is 13.5. The molecule has 1 aromatic carbocycles. The number of rotatable bonds is 5. The Morgan fingerprint density at radius 2 is 2.12 bits per heavy atom. The van der Waals surface area contributed by atoms with E-state index in [9.17, 15) is 4.39 Å². The Hall–Kier alpha value is -0.410. The molecule has 0 radical (unpaired) electrons. The first-order valence-corrected chi connectivity index (χ1v) is 6.25. The third-order valence-corrected chi connectivity index (χ3v) is 3.31. The van der Waals surface area contributed by atoms with Gasteiger partial charge >= 0.3 is 0 Å². The van der Waals surface area contributed by atoms with Gasteiger partial charge in [0.2, 0.25) is 0 Å². The van der Waals surface area contributed by atoms with E-state index in [1.165, 1.54) is 6.07 Å². The summed E-state index contributed by atoms with van der Waals surface area (Å²) in [7, 11) is 0. The summed E-state index contributed by atoms with van der Waals surface area (Å²) < 4.78 is 18.9. The monoisotopic (exact) mass is 262 g/mol. The molecule has 4 heteroatoms. The molecule has 0 saturated carbocycles. The van der Waals surface area contributed by atoms with E-state index < -0.39 is 5.82 Å². The van der Waals surface area contributed by atoms with Crippen molar-refractivity contribution in [3.8, 4) is 5.75 Å². The zero-order chi connectivity index (χ0) is 12.1. The third-order valence-electron chi connectivity index (χ3n) is 2.55. The van der Waals surface area contributed by atoms with Crippen LogP contribution >= 0.6 is 24.2 Å². The van der Waals surface area contributed by atoms with Crippen molar-refractivity contribution < 1.29 is 9.13 Å². The fourth-order valence-electron chi connectivity index (χ4n) is 1.25. The van der Waals surface area contributed by atoms with Gasteiger partial charge in [-0.15, -0.1) is 0 Å². The van der Waals surface area contributed by atoms with Gasteiger partial charge in [-0.25, -0.2) is 4.39 Å². The van der Waals surface area contributed by atoms with Crippen LogP contribution in [0, 0.1) is 17.7 Å². The zero-order valence-corrected chi connectivity index (χ0v) is 11.1. The Kier molecular flexibility index (Phi) is 5.42. The van der Waals surface area contributed by atoms with E-state index in [1.54, 1.807) is 12.1 Å². The van der Waals surface area contributed by atoms with Crippen molar-refractivity contribution >= 4 is 24.2 Å². The summed E-state index contributed by atoms with van der Waals surface area (Å²) in [5.74, 6) is 1.20. The molecule has 0 bridgehead atoms. The number of hydrogen-bond donors (Lipinski definition) is 1. The quantitative estimate of drug-likeness (QED) is 0.788. The highest BCUT2D eigenvalue weighted by Crippen LogP contribution is 2.25. The van der Waals surface area contributed by atoms with Crippen LogP contribution in [0.5, 0.6) is 5.75 Å². The van der Waals surface area contributed by atoms with E-state index in [1.807, 2.05) is 0 Å². The van der Waals surface area contributed by atoms with Crippen LogP contribution in [0.2, 0.25) is 5.02 Å². The standard InChI is InChI=1S/C12H16ClFOS/c1-8(2)9(7-16)6-15-11-5-3-4-10(13)12(11)14/h3-5,8-9,16H,6-7H2,1-2H3. The summed E-state index contributed by atoms with van der Waals surface area (Å²) in [5.41, 5.74) is 0. The van der Waals surface area contributed by atoms with Crippen molar-refractivity contribution in [2.75, 3.05) is 12.4 Å². The van der Waals surface area contributed by atoms with Crippen LogP contribution in [-0.4, -0.2) is 12.4 Å². The van der Waals surface area contributed by atoms with E-state index in [0.29, 0.717) is 18.4 Å². The minimum absolute atomic E-state index is 0.0875. The maximum absolute atomic E-state index is 13.5. The lowest BCUT2D eigenvalue weighted by Gasteiger charge is -2.19. The Balaban J connectivity index is 2.64. The van der Waals surface area contributed by atoms with Crippen molar-refractivity contribution in [1.29, 1.82) is 0 Å². The van der Waals surface area contributed by atoms with Gasteiger partial charge in [0.25, 0.3) is 0 Å². The smallest absolute Gasteiger partial charge is 0.183 e. The molecule has 0 heterocycles. The van der Waals surface area contributed by atoms with E-state index >= 15 is 0 Å². The Bertz CT molecular complexity index is 344. The average molecular weight is 263 g/mol. The lowest BCUT2D eigenvalue weighted by molar-refractivity contribution is 0.219. The maximum Gasteiger partial charge on any atom is 0.183 e. The van der Waals surface area contributed by atoms with Crippen molar-refractivity contribution in [3.05, 3.63) is 29.0 Å². The normalized spacial score (nSPS) is 12.9. The van der Waals surface area contributed by atoms with Crippen molar-refractivity contribution in [2.45, 2.75) is 13.8 Å². The molecule has 0 aliphatic heterocycles. The number of hydrogen-bond acceptors (Lipinski definition) is 2. The van der Waals surface area contributed by atoms with Gasteiger partial charge in [-0.3, -0.25) is 0 Å². The number of thiol groups is 1. The highest BCUT2D eigenvalue weighted by Gasteiger charge is 2.14. The van der Waals surface area contributed by atoms with E-state index in [-0.39, 0.29) is 10.8 Å². The Morgan fingerprint density at radius 1 is 1.44 bits per heavy atom. The fourth-order valence-corrected chi connectivity index (χ4v) is 1.94. The molecule has 1 rings (SSSR count). The van der Waals surface area contributed by atoms with Gasteiger partial charge in [0.05, 0.1) is 11.6 Å². The highest BCUT2D eigenvalue weighted by molar-refractivity contribution is 7.80. The summed E-state index contributed by atoms with van der Waals surface area (Å²) in [4.78, 5) is 0. The molecule has 1 atom stereocenters. The molecular weight excluding hydrogens is 247 g/mol. The molecule has 0 fully saturated rings. The highest BCUT2D eigenvalue weighted by atomic mass is 35.5. The third kappa shape index (κ3) is 3.56. The van der Waals surface area contributed by atoms with Crippen molar-refractivity contribution in [1.82, 2.24) is 0 Å². The van der Waals surface area contributed by atoms with Gasteiger partial charge in [-0.2, -0.15) is 12.6 Å². The second-order valence-electron chi connectivity index (χ2n) is 4.05. The van der Waals surface area contributed by atoms with Crippen LogP contribution in [0.3, 0.4) is 0 Å². The summed E-state index contributed by atoms with van der Waals surface area (Å²) in [6.07, 6.45) is 0. The molecule has 0 aromatic heterocycles. The van der Waals surface area contributed by atoms with E-state index in [4.69, 9.17) is 16.3 Å². The second-order valence-corrected chi connectivity index (χ2v) is 4.82. The van der Waals surface area contributed by atoms with Crippen LogP contribution in [-0.2, 0) is 0 Å². The lowest BCUT2D eigenvalue weighted by atomic mass is 9.99. The first-order chi connectivity index (χ1) is 7.56. The molecule has 1 unspecified atom stereocenters. The molecule has 0 aliphatic rings. The average Bonchev–Trinajstić information content (AvgIpc) is 2.24. The molecule has 0 amide bonds. The summed E-state index contributed by atoms with van der Waals surface area (Å²) in [5, 5.41) is 0.0875. The number of halogens is 2. The van der Waals surface area contributed by atoms with Crippen LogP contribution in [0.4, 0.5) is 4.39 Å². The van der Waals surface area contributed by atoms with Gasteiger partial charge < -0.3 is 4.74 Å². The Labute approximate surface area is 106 Å². The molecule has 16 heavy (non-hydrogen) atoms. The first-order valence-electron chi connectivity index (χ1n) is 5.24.